The third-order valence-corrected chi connectivity index (χ3v) is 4.52. The van der Waals surface area contributed by atoms with E-state index in [9.17, 15) is 14.9 Å². The van der Waals surface area contributed by atoms with E-state index in [2.05, 4.69) is 11.4 Å². The number of nitrogens with zero attached hydrogens (tertiary/aromatic N) is 1. The summed E-state index contributed by atoms with van der Waals surface area (Å²) in [5.41, 5.74) is -0.0476. The molecule has 1 amide bonds. The number of fused-ring (bicyclic) bond motifs is 1. The van der Waals surface area contributed by atoms with Gasteiger partial charge in [0.15, 0.2) is 12.2 Å². The normalized spacial score (nSPS) is 13.3. The minimum atomic E-state index is -1.04. The van der Waals surface area contributed by atoms with Crippen molar-refractivity contribution in [2.24, 2.45) is 5.92 Å². The van der Waals surface area contributed by atoms with Gasteiger partial charge in [0.25, 0.3) is 5.91 Å². The molecule has 1 atom stereocenters. The molecule has 0 bridgehead atoms. The summed E-state index contributed by atoms with van der Waals surface area (Å²) in [4.78, 5) is 24.2. The Kier molecular flexibility index (Phi) is 5.39. The number of rotatable bonds is 5. The number of para-hydroxylation sites is 1. The van der Waals surface area contributed by atoms with Crippen molar-refractivity contribution in [2.45, 2.75) is 33.2 Å². The molecule has 1 N–H and O–H groups in total. The number of carbonyl (C=O) groups is 2. The zero-order chi connectivity index (χ0) is 18.8. The second-order valence-electron chi connectivity index (χ2n) is 6.27. The van der Waals surface area contributed by atoms with Crippen molar-refractivity contribution < 1.29 is 18.7 Å². The van der Waals surface area contributed by atoms with Crippen LogP contribution in [0, 0.1) is 24.2 Å². The molecule has 0 aliphatic rings. The predicted octanol–water partition coefficient (Wildman–Crippen LogP) is 3.61. The molecule has 0 spiro atoms. The number of amides is 1. The highest BCUT2D eigenvalue weighted by atomic mass is 35.5. The van der Waals surface area contributed by atoms with Gasteiger partial charge in [0.05, 0.1) is 11.1 Å². The second-order valence-corrected chi connectivity index (χ2v) is 6.67. The van der Waals surface area contributed by atoms with Crippen LogP contribution in [0.3, 0.4) is 0 Å². The molecule has 0 radical (unpaired) electrons. The van der Waals surface area contributed by atoms with Gasteiger partial charge >= 0.3 is 5.97 Å². The molecular weight excluding hydrogens is 344 g/mol. The average molecular weight is 363 g/mol. The number of hydrogen-bond acceptors (Lipinski definition) is 5. The van der Waals surface area contributed by atoms with E-state index < -0.39 is 24.0 Å². The van der Waals surface area contributed by atoms with Crippen molar-refractivity contribution in [1.82, 2.24) is 5.32 Å². The molecule has 7 heteroatoms. The van der Waals surface area contributed by atoms with Crippen molar-refractivity contribution in [3.63, 3.8) is 0 Å². The van der Waals surface area contributed by atoms with Gasteiger partial charge in [-0.15, -0.1) is 0 Å². The van der Waals surface area contributed by atoms with E-state index in [4.69, 9.17) is 20.8 Å². The Hall–Kier alpha value is -2.52. The van der Waals surface area contributed by atoms with Gasteiger partial charge in [-0.2, -0.15) is 5.26 Å². The highest BCUT2D eigenvalue weighted by molar-refractivity contribution is 6.35. The highest BCUT2D eigenvalue weighted by Gasteiger charge is 2.30. The smallest absolute Gasteiger partial charge is 0.375 e. The van der Waals surface area contributed by atoms with Gasteiger partial charge < -0.3 is 14.5 Å². The first-order chi connectivity index (χ1) is 11.7. The fourth-order valence-electron chi connectivity index (χ4n) is 2.23. The van der Waals surface area contributed by atoms with Crippen LogP contribution in [0.2, 0.25) is 5.02 Å². The first kappa shape index (κ1) is 18.8. The Bertz CT molecular complexity index is 866. The van der Waals surface area contributed by atoms with Crippen LogP contribution in [-0.4, -0.2) is 24.0 Å². The number of benzene rings is 1. The van der Waals surface area contributed by atoms with Gasteiger partial charge in [0.1, 0.15) is 5.54 Å². The van der Waals surface area contributed by atoms with Crippen LogP contribution in [0.15, 0.2) is 22.6 Å². The summed E-state index contributed by atoms with van der Waals surface area (Å²) in [6.07, 6.45) is 0. The van der Waals surface area contributed by atoms with Crippen molar-refractivity contribution in [3.8, 4) is 6.07 Å². The average Bonchev–Trinajstić information content (AvgIpc) is 2.91. The van der Waals surface area contributed by atoms with Crippen LogP contribution in [0.25, 0.3) is 11.0 Å². The van der Waals surface area contributed by atoms with Crippen LogP contribution in [0.5, 0.6) is 0 Å². The third-order valence-electron chi connectivity index (χ3n) is 4.22. The molecular formula is C18H19ClN2O4. The van der Waals surface area contributed by atoms with Gasteiger partial charge in [-0.1, -0.05) is 37.6 Å². The lowest BCUT2D eigenvalue weighted by Crippen LogP contribution is -2.50. The molecule has 0 unspecified atom stereocenters. The maximum Gasteiger partial charge on any atom is 0.375 e. The molecule has 2 aromatic rings. The summed E-state index contributed by atoms with van der Waals surface area (Å²) < 4.78 is 10.5. The molecule has 0 fully saturated rings. The molecule has 0 aliphatic heterocycles. The second kappa shape index (κ2) is 7.16. The molecule has 1 heterocycles. The zero-order valence-corrected chi connectivity index (χ0v) is 15.2. The lowest BCUT2D eigenvalue weighted by molar-refractivity contribution is -0.125. The molecule has 1 aromatic carbocycles. The van der Waals surface area contributed by atoms with E-state index in [0.717, 1.165) is 0 Å². The van der Waals surface area contributed by atoms with Crippen molar-refractivity contribution >= 4 is 34.4 Å². The predicted molar refractivity (Wildman–Crippen MR) is 93.2 cm³/mol. The minimum absolute atomic E-state index is 0.00260. The quantitative estimate of drug-likeness (QED) is 0.820. The number of esters is 1. The lowest BCUT2D eigenvalue weighted by Gasteiger charge is -2.27. The molecule has 132 valence electrons. The van der Waals surface area contributed by atoms with E-state index in [1.807, 2.05) is 13.8 Å². The summed E-state index contributed by atoms with van der Waals surface area (Å²) in [6.45, 7) is 6.45. The lowest BCUT2D eigenvalue weighted by atomic mass is 9.90. The van der Waals surface area contributed by atoms with Crippen LogP contribution in [0.1, 0.15) is 36.9 Å². The number of halogens is 1. The third kappa shape index (κ3) is 3.77. The largest absolute Gasteiger partial charge is 0.450 e. The number of furan rings is 1. The van der Waals surface area contributed by atoms with Crippen LogP contribution < -0.4 is 5.32 Å². The standard InChI is InChI=1S/C18H19ClN2O4/c1-10(2)18(4,9-20)21-14(22)8-24-17(23)15-11(3)12-6-5-7-13(19)16(12)25-15/h5-7,10H,8H2,1-4H3,(H,21,22)/t18-/m0/s1. The molecule has 6 nitrogen and oxygen atoms in total. The molecule has 2 rings (SSSR count). The maximum absolute atomic E-state index is 12.2. The number of aryl methyl sites for hydroxylation is 1. The molecule has 0 aliphatic carbocycles. The summed E-state index contributed by atoms with van der Waals surface area (Å²) in [5, 5.41) is 12.9. The van der Waals surface area contributed by atoms with Crippen molar-refractivity contribution in [3.05, 3.63) is 34.5 Å². The van der Waals surface area contributed by atoms with E-state index in [0.29, 0.717) is 21.6 Å². The maximum atomic E-state index is 12.2. The number of nitrogens with one attached hydrogen (secondary N) is 1. The van der Waals surface area contributed by atoms with E-state index in [1.54, 1.807) is 32.0 Å². The number of hydrogen-bond donors (Lipinski definition) is 1. The monoisotopic (exact) mass is 362 g/mol. The Morgan fingerprint density at radius 1 is 1.44 bits per heavy atom. The highest BCUT2D eigenvalue weighted by Crippen LogP contribution is 2.30. The van der Waals surface area contributed by atoms with Gasteiger partial charge in [-0.25, -0.2) is 4.79 Å². The molecule has 1 aromatic heterocycles. The van der Waals surface area contributed by atoms with Gasteiger partial charge in [-0.3, -0.25) is 4.79 Å². The minimum Gasteiger partial charge on any atom is -0.450 e. The number of carbonyl (C=O) groups excluding carboxylic acids is 2. The zero-order valence-electron chi connectivity index (χ0n) is 14.5. The van der Waals surface area contributed by atoms with E-state index in [1.165, 1.54) is 0 Å². The molecule has 25 heavy (non-hydrogen) atoms. The fourth-order valence-corrected chi connectivity index (χ4v) is 2.44. The van der Waals surface area contributed by atoms with Gasteiger partial charge in [0.2, 0.25) is 5.76 Å². The van der Waals surface area contributed by atoms with E-state index >= 15 is 0 Å². The molecule has 0 saturated heterocycles. The first-order valence-electron chi connectivity index (χ1n) is 7.76. The SMILES string of the molecule is Cc1c(C(=O)OCC(=O)N[C@@](C)(C#N)C(C)C)oc2c(Cl)cccc12. The first-order valence-corrected chi connectivity index (χ1v) is 8.14. The molecule has 0 saturated carbocycles. The Balaban J connectivity index is 2.09. The Labute approximate surface area is 150 Å². The van der Waals surface area contributed by atoms with Crippen LogP contribution in [0.4, 0.5) is 0 Å². The summed E-state index contributed by atoms with van der Waals surface area (Å²) >= 11 is 6.05. The fraction of sp³-hybridized carbons (Fsp3) is 0.389. The summed E-state index contributed by atoms with van der Waals surface area (Å²) in [5.74, 6) is -1.42. The van der Waals surface area contributed by atoms with Crippen molar-refractivity contribution in [2.75, 3.05) is 6.61 Å². The van der Waals surface area contributed by atoms with Crippen molar-refractivity contribution in [1.29, 1.82) is 5.26 Å². The summed E-state index contributed by atoms with van der Waals surface area (Å²) in [7, 11) is 0. The van der Waals surface area contributed by atoms with Gasteiger partial charge in [0, 0.05) is 10.9 Å². The van der Waals surface area contributed by atoms with E-state index in [-0.39, 0.29) is 11.7 Å². The Morgan fingerprint density at radius 3 is 2.68 bits per heavy atom. The summed E-state index contributed by atoms with van der Waals surface area (Å²) in [6, 6.07) is 7.25. The van der Waals surface area contributed by atoms with Gasteiger partial charge in [-0.05, 0) is 25.8 Å². The van der Waals surface area contributed by atoms with Crippen LogP contribution >= 0.6 is 11.6 Å². The Morgan fingerprint density at radius 2 is 2.12 bits per heavy atom. The number of nitriles is 1. The topological polar surface area (TPSA) is 92.3 Å². The van der Waals surface area contributed by atoms with Crippen LogP contribution in [-0.2, 0) is 9.53 Å². The number of ether oxygens (including phenoxy) is 1.